The van der Waals surface area contributed by atoms with Crippen molar-refractivity contribution in [3.8, 4) is 17.1 Å². The van der Waals surface area contributed by atoms with E-state index in [0.29, 0.717) is 17.0 Å². The molecule has 0 bridgehead atoms. The summed E-state index contributed by atoms with van der Waals surface area (Å²) in [5.74, 6) is -1.06. The number of aryl methyl sites for hydroxylation is 1. The van der Waals surface area contributed by atoms with Crippen LogP contribution in [0.1, 0.15) is 17.7 Å². The Balaban J connectivity index is 1.82. The van der Waals surface area contributed by atoms with Crippen molar-refractivity contribution in [2.75, 3.05) is 18.2 Å². The van der Waals surface area contributed by atoms with E-state index in [1.807, 2.05) is 6.92 Å². The van der Waals surface area contributed by atoms with Crippen LogP contribution in [0.3, 0.4) is 0 Å². The highest BCUT2D eigenvalue weighted by molar-refractivity contribution is 7.91. The summed E-state index contributed by atoms with van der Waals surface area (Å²) in [6.07, 6.45) is -0.343. The third kappa shape index (κ3) is 4.51. The second kappa shape index (κ2) is 8.66. The summed E-state index contributed by atoms with van der Waals surface area (Å²) in [5.41, 5.74) is 2.03. The highest BCUT2D eigenvalue weighted by Crippen LogP contribution is 2.33. The summed E-state index contributed by atoms with van der Waals surface area (Å²) >= 11 is 0. The van der Waals surface area contributed by atoms with Gasteiger partial charge in [0.25, 0.3) is 0 Å². The number of carbonyl (C=O) groups excluding carboxylic acids is 1. The third-order valence-electron chi connectivity index (χ3n) is 4.66. The Morgan fingerprint density at radius 3 is 2.57 bits per heavy atom. The summed E-state index contributed by atoms with van der Waals surface area (Å²) in [4.78, 5) is 12.1. The smallest absolute Gasteiger partial charge is 0.225 e. The average Bonchev–Trinajstić information content (AvgIpc) is 3.06. The molecule has 0 aliphatic rings. The molecule has 158 valence electrons. The van der Waals surface area contributed by atoms with Gasteiger partial charge >= 0.3 is 0 Å². The minimum absolute atomic E-state index is 0.00404. The van der Waals surface area contributed by atoms with Crippen molar-refractivity contribution >= 4 is 21.4 Å². The fourth-order valence-electron chi connectivity index (χ4n) is 2.86. The van der Waals surface area contributed by atoms with Gasteiger partial charge in [-0.3, -0.25) is 4.79 Å². The number of benzene rings is 2. The third-order valence-corrected chi connectivity index (χ3v) is 6.39. The molecule has 0 aliphatic heterocycles. The van der Waals surface area contributed by atoms with Crippen molar-refractivity contribution in [1.82, 2.24) is 5.16 Å². The maximum absolute atomic E-state index is 13.7. The molecule has 1 N–H and O–H groups in total. The summed E-state index contributed by atoms with van der Waals surface area (Å²) in [5, 5.41) is 6.27. The van der Waals surface area contributed by atoms with Crippen LogP contribution in [0.4, 0.5) is 10.1 Å². The highest BCUT2D eigenvalue weighted by Gasteiger charge is 2.23. The lowest BCUT2D eigenvalue weighted by Crippen LogP contribution is -2.18. The maximum Gasteiger partial charge on any atom is 0.225 e. The minimum atomic E-state index is -3.88. The Labute approximate surface area is 173 Å². The normalized spacial score (nSPS) is 11.3. The van der Waals surface area contributed by atoms with Crippen LogP contribution < -0.4 is 10.1 Å². The number of carbonyl (C=O) groups is 1. The van der Waals surface area contributed by atoms with E-state index in [4.69, 9.17) is 9.26 Å². The predicted molar refractivity (Wildman–Crippen MR) is 110 cm³/mol. The molecule has 0 saturated carbocycles. The Bertz CT molecular complexity index is 1190. The average molecular weight is 432 g/mol. The molecule has 3 rings (SSSR count). The first-order valence-electron chi connectivity index (χ1n) is 9.11. The van der Waals surface area contributed by atoms with Crippen LogP contribution in [0.2, 0.25) is 0 Å². The van der Waals surface area contributed by atoms with Gasteiger partial charge in [0.2, 0.25) is 5.91 Å². The molecule has 0 saturated heterocycles. The van der Waals surface area contributed by atoms with E-state index in [0.717, 1.165) is 5.56 Å². The summed E-state index contributed by atoms with van der Waals surface area (Å²) in [6.45, 7) is 3.62. The fourth-order valence-corrected chi connectivity index (χ4v) is 4.30. The molecular weight excluding hydrogens is 411 g/mol. The van der Waals surface area contributed by atoms with Crippen molar-refractivity contribution in [2.24, 2.45) is 0 Å². The minimum Gasteiger partial charge on any atom is -0.495 e. The molecule has 2 aromatic carbocycles. The molecular formula is C21H21FN2O5S. The van der Waals surface area contributed by atoms with Gasteiger partial charge in [0.1, 0.15) is 16.5 Å². The van der Waals surface area contributed by atoms with Crippen LogP contribution >= 0.6 is 0 Å². The van der Waals surface area contributed by atoms with Gasteiger partial charge in [0.15, 0.2) is 15.6 Å². The predicted octanol–water partition coefficient (Wildman–Crippen LogP) is 3.91. The summed E-state index contributed by atoms with van der Waals surface area (Å²) in [6, 6.07) is 10.3. The van der Waals surface area contributed by atoms with E-state index < -0.39 is 27.3 Å². The van der Waals surface area contributed by atoms with Gasteiger partial charge in [-0.2, -0.15) is 0 Å². The van der Waals surface area contributed by atoms with Gasteiger partial charge in [-0.25, -0.2) is 12.8 Å². The van der Waals surface area contributed by atoms with Crippen LogP contribution in [0.25, 0.3) is 11.3 Å². The van der Waals surface area contributed by atoms with Crippen LogP contribution in [-0.2, 0) is 14.6 Å². The van der Waals surface area contributed by atoms with Crippen LogP contribution in [0.15, 0.2) is 51.9 Å². The number of aromatic nitrogens is 1. The summed E-state index contributed by atoms with van der Waals surface area (Å²) < 4.78 is 50.0. The number of nitrogens with one attached hydrogen (secondary N) is 1. The van der Waals surface area contributed by atoms with E-state index in [1.54, 1.807) is 19.1 Å². The van der Waals surface area contributed by atoms with Crippen LogP contribution in [0, 0.1) is 19.7 Å². The lowest BCUT2D eigenvalue weighted by molar-refractivity contribution is -0.115. The van der Waals surface area contributed by atoms with Crippen molar-refractivity contribution in [3.05, 3.63) is 59.5 Å². The number of ether oxygens (including phenoxy) is 1. The number of sulfone groups is 1. The van der Waals surface area contributed by atoms with Gasteiger partial charge in [-0.1, -0.05) is 17.3 Å². The zero-order valence-corrected chi connectivity index (χ0v) is 17.5. The molecule has 1 heterocycles. The molecule has 3 aromatic rings. The maximum atomic E-state index is 13.7. The number of amides is 1. The first kappa shape index (κ1) is 21.5. The quantitative estimate of drug-likeness (QED) is 0.608. The van der Waals surface area contributed by atoms with E-state index >= 15 is 0 Å². The van der Waals surface area contributed by atoms with Crippen molar-refractivity contribution < 1.29 is 26.9 Å². The Kier molecular flexibility index (Phi) is 6.21. The van der Waals surface area contributed by atoms with Crippen LogP contribution in [-0.4, -0.2) is 32.3 Å². The van der Waals surface area contributed by atoms with Gasteiger partial charge in [0.05, 0.1) is 24.2 Å². The molecule has 30 heavy (non-hydrogen) atoms. The van der Waals surface area contributed by atoms with E-state index in [-0.39, 0.29) is 22.8 Å². The molecule has 0 fully saturated rings. The lowest BCUT2D eigenvalue weighted by Gasteiger charge is -2.11. The molecule has 0 atom stereocenters. The first-order chi connectivity index (χ1) is 14.2. The number of hydrogen-bond acceptors (Lipinski definition) is 6. The Morgan fingerprint density at radius 1 is 1.20 bits per heavy atom. The topological polar surface area (TPSA) is 98.5 Å². The number of anilines is 1. The number of hydrogen-bond donors (Lipinski definition) is 1. The van der Waals surface area contributed by atoms with Crippen LogP contribution in [0.5, 0.6) is 5.75 Å². The molecule has 0 unspecified atom stereocenters. The first-order valence-corrected chi connectivity index (χ1v) is 10.8. The molecule has 0 radical (unpaired) electrons. The molecule has 1 aromatic heterocycles. The highest BCUT2D eigenvalue weighted by atomic mass is 32.2. The fraction of sp³-hybridized carbons (Fsp3) is 0.238. The zero-order chi connectivity index (χ0) is 21.9. The Morgan fingerprint density at radius 2 is 1.93 bits per heavy atom. The summed E-state index contributed by atoms with van der Waals surface area (Å²) in [7, 11) is -2.51. The standard InChI is InChI=1S/C21H21FN2O5S/c1-13-14(2)24-29-21(13)15-8-9-18(28-3)19(12-15)30(26,27)11-10-20(25)23-17-7-5-4-6-16(17)22/h4-9,12H,10-11H2,1-3H3,(H,23,25). The number of para-hydroxylation sites is 1. The molecule has 0 aliphatic carbocycles. The molecule has 1 amide bonds. The van der Waals surface area contributed by atoms with E-state index in [2.05, 4.69) is 10.5 Å². The second-order valence-corrected chi connectivity index (χ2v) is 8.76. The number of methoxy groups -OCH3 is 1. The van der Waals surface area contributed by atoms with Crippen molar-refractivity contribution in [2.45, 2.75) is 25.2 Å². The number of halogens is 1. The number of nitrogens with zero attached hydrogens (tertiary/aromatic N) is 1. The monoisotopic (exact) mass is 432 g/mol. The number of rotatable bonds is 7. The largest absolute Gasteiger partial charge is 0.495 e. The molecule has 9 heteroatoms. The molecule has 7 nitrogen and oxygen atoms in total. The van der Waals surface area contributed by atoms with Gasteiger partial charge in [-0.15, -0.1) is 0 Å². The van der Waals surface area contributed by atoms with Crippen molar-refractivity contribution in [3.63, 3.8) is 0 Å². The van der Waals surface area contributed by atoms with Gasteiger partial charge in [0, 0.05) is 17.5 Å². The van der Waals surface area contributed by atoms with Gasteiger partial charge < -0.3 is 14.6 Å². The zero-order valence-electron chi connectivity index (χ0n) is 16.7. The lowest BCUT2D eigenvalue weighted by atomic mass is 10.1. The van der Waals surface area contributed by atoms with E-state index in [9.17, 15) is 17.6 Å². The van der Waals surface area contributed by atoms with Crippen molar-refractivity contribution in [1.29, 1.82) is 0 Å². The second-order valence-electron chi connectivity index (χ2n) is 6.68. The SMILES string of the molecule is COc1ccc(-c2onc(C)c2C)cc1S(=O)(=O)CCC(=O)Nc1ccccc1F. The Hall–Kier alpha value is -3.20. The van der Waals surface area contributed by atoms with E-state index in [1.165, 1.54) is 37.4 Å². The van der Waals surface area contributed by atoms with Gasteiger partial charge in [-0.05, 0) is 44.2 Å². The molecule has 0 spiro atoms.